The van der Waals surface area contributed by atoms with Gasteiger partial charge in [0, 0.05) is 6.04 Å². The molecule has 5 nitrogen and oxygen atoms in total. The van der Waals surface area contributed by atoms with E-state index in [2.05, 4.69) is 5.32 Å². The normalized spacial score (nSPS) is 19.4. The lowest BCUT2D eigenvalue weighted by Crippen LogP contribution is -2.57. The second kappa shape index (κ2) is 7.59. The highest BCUT2D eigenvalue weighted by molar-refractivity contribution is 5.89. The Kier molecular flexibility index (Phi) is 5.77. The summed E-state index contributed by atoms with van der Waals surface area (Å²) in [4.78, 5) is 24.9. The van der Waals surface area contributed by atoms with Crippen molar-refractivity contribution >= 4 is 11.9 Å². The first-order valence-corrected chi connectivity index (χ1v) is 8.21. The van der Waals surface area contributed by atoms with Crippen molar-refractivity contribution < 1.29 is 14.3 Å². The largest absolute Gasteiger partial charge is 0.467 e. The Labute approximate surface area is 137 Å². The summed E-state index contributed by atoms with van der Waals surface area (Å²) < 4.78 is 4.93. The summed E-state index contributed by atoms with van der Waals surface area (Å²) in [6.07, 6.45) is 4.15. The van der Waals surface area contributed by atoms with Crippen LogP contribution in [0.15, 0.2) is 30.3 Å². The third-order valence-corrected chi connectivity index (χ3v) is 4.78. The third-order valence-electron chi connectivity index (χ3n) is 4.78. The fourth-order valence-electron chi connectivity index (χ4n) is 3.21. The maximum Gasteiger partial charge on any atom is 0.331 e. The van der Waals surface area contributed by atoms with E-state index >= 15 is 0 Å². The first-order valence-electron chi connectivity index (χ1n) is 8.21. The molecule has 5 heteroatoms. The predicted octanol–water partition coefficient (Wildman–Crippen LogP) is 2.31. The number of ether oxygens (including phenoxy) is 1. The zero-order chi connectivity index (χ0) is 16.9. The molecular weight excluding hydrogens is 292 g/mol. The molecular formula is C18H26N2O3. The minimum atomic E-state index is -0.894. The van der Waals surface area contributed by atoms with E-state index in [0.717, 1.165) is 24.8 Å². The molecule has 0 aromatic heterocycles. The number of nitrogens with two attached hydrogens (primary N) is 1. The molecule has 0 spiro atoms. The molecule has 1 aliphatic carbocycles. The van der Waals surface area contributed by atoms with Gasteiger partial charge in [-0.3, -0.25) is 4.79 Å². The van der Waals surface area contributed by atoms with Crippen LogP contribution in [0.1, 0.15) is 50.6 Å². The van der Waals surface area contributed by atoms with Crippen LogP contribution in [0.5, 0.6) is 0 Å². The van der Waals surface area contributed by atoms with Crippen molar-refractivity contribution in [1.82, 2.24) is 5.32 Å². The summed E-state index contributed by atoms with van der Waals surface area (Å²) in [6, 6.07) is 9.12. The highest BCUT2D eigenvalue weighted by Crippen LogP contribution is 2.30. The van der Waals surface area contributed by atoms with Gasteiger partial charge in [-0.15, -0.1) is 0 Å². The molecule has 0 heterocycles. The maximum atomic E-state index is 12.7. The standard InChI is InChI=1S/C18H26N2O3/c1-13(15(19)14-9-5-3-6-10-14)16(21)20-18(17(22)23-2)11-7-4-8-12-18/h3,5-6,9-10,13,15H,4,7-8,11-12,19H2,1-2H3,(H,20,21). The first-order chi connectivity index (χ1) is 11.0. The first kappa shape index (κ1) is 17.5. The van der Waals surface area contributed by atoms with Crippen LogP contribution in [-0.4, -0.2) is 24.5 Å². The number of carbonyl (C=O) groups is 2. The zero-order valence-corrected chi connectivity index (χ0v) is 13.9. The number of esters is 1. The highest BCUT2D eigenvalue weighted by atomic mass is 16.5. The molecule has 1 saturated carbocycles. The third kappa shape index (κ3) is 3.91. The minimum Gasteiger partial charge on any atom is -0.467 e. The predicted molar refractivity (Wildman–Crippen MR) is 88.5 cm³/mol. The molecule has 126 valence electrons. The molecule has 0 aliphatic heterocycles. The molecule has 2 rings (SSSR count). The highest BCUT2D eigenvalue weighted by Gasteiger charge is 2.43. The van der Waals surface area contributed by atoms with Crippen molar-refractivity contribution in [2.75, 3.05) is 7.11 Å². The van der Waals surface area contributed by atoms with Gasteiger partial charge < -0.3 is 15.8 Å². The van der Waals surface area contributed by atoms with Gasteiger partial charge in [-0.2, -0.15) is 0 Å². The van der Waals surface area contributed by atoms with Crippen molar-refractivity contribution in [3.8, 4) is 0 Å². The number of methoxy groups -OCH3 is 1. The number of hydrogen-bond donors (Lipinski definition) is 2. The monoisotopic (exact) mass is 318 g/mol. The Bertz CT molecular complexity index is 538. The van der Waals surface area contributed by atoms with Crippen molar-refractivity contribution in [1.29, 1.82) is 0 Å². The van der Waals surface area contributed by atoms with Crippen molar-refractivity contribution in [2.45, 2.75) is 50.6 Å². The van der Waals surface area contributed by atoms with Gasteiger partial charge in [-0.1, -0.05) is 56.5 Å². The van der Waals surface area contributed by atoms with Crippen LogP contribution in [0, 0.1) is 5.92 Å². The summed E-state index contributed by atoms with van der Waals surface area (Å²) in [5.74, 6) is -0.986. The quantitative estimate of drug-likeness (QED) is 0.816. The average Bonchev–Trinajstić information content (AvgIpc) is 2.61. The molecule has 1 fully saturated rings. The van der Waals surface area contributed by atoms with E-state index in [1.807, 2.05) is 30.3 Å². The van der Waals surface area contributed by atoms with E-state index in [-0.39, 0.29) is 11.9 Å². The summed E-state index contributed by atoms with van der Waals surface area (Å²) in [7, 11) is 1.37. The maximum absolute atomic E-state index is 12.7. The van der Waals surface area contributed by atoms with Crippen LogP contribution in [0.2, 0.25) is 0 Å². The smallest absolute Gasteiger partial charge is 0.331 e. The molecule has 0 bridgehead atoms. The number of carbonyl (C=O) groups excluding carboxylic acids is 2. The van der Waals surface area contributed by atoms with Crippen LogP contribution in [0.4, 0.5) is 0 Å². The Morgan fingerprint density at radius 1 is 1.17 bits per heavy atom. The van der Waals surface area contributed by atoms with E-state index < -0.39 is 17.5 Å². The Morgan fingerprint density at radius 2 is 1.78 bits per heavy atom. The van der Waals surface area contributed by atoms with Crippen LogP contribution < -0.4 is 11.1 Å². The van der Waals surface area contributed by atoms with Gasteiger partial charge in [0.25, 0.3) is 0 Å². The van der Waals surface area contributed by atoms with E-state index in [9.17, 15) is 9.59 Å². The molecule has 2 atom stereocenters. The van der Waals surface area contributed by atoms with Gasteiger partial charge in [0.1, 0.15) is 5.54 Å². The van der Waals surface area contributed by atoms with Gasteiger partial charge >= 0.3 is 5.97 Å². The Morgan fingerprint density at radius 3 is 2.35 bits per heavy atom. The van der Waals surface area contributed by atoms with Crippen molar-refractivity contribution in [3.05, 3.63) is 35.9 Å². The number of hydrogen-bond acceptors (Lipinski definition) is 4. The van der Waals surface area contributed by atoms with Gasteiger partial charge in [0.2, 0.25) is 5.91 Å². The molecule has 1 aliphatic rings. The molecule has 0 saturated heterocycles. The average molecular weight is 318 g/mol. The van der Waals surface area contributed by atoms with Crippen molar-refractivity contribution in [2.24, 2.45) is 11.7 Å². The molecule has 1 amide bonds. The summed E-state index contributed by atoms with van der Waals surface area (Å²) in [5.41, 5.74) is 6.23. The number of benzene rings is 1. The van der Waals surface area contributed by atoms with Crippen LogP contribution in [0.25, 0.3) is 0 Å². The molecule has 3 N–H and O–H groups in total. The lowest BCUT2D eigenvalue weighted by molar-refractivity contribution is -0.153. The lowest BCUT2D eigenvalue weighted by Gasteiger charge is -2.36. The molecule has 23 heavy (non-hydrogen) atoms. The molecule has 2 unspecified atom stereocenters. The van der Waals surface area contributed by atoms with E-state index in [0.29, 0.717) is 12.8 Å². The fraction of sp³-hybridized carbons (Fsp3) is 0.556. The topological polar surface area (TPSA) is 81.4 Å². The molecule has 1 aromatic rings. The molecule has 1 aromatic carbocycles. The van der Waals surface area contributed by atoms with Crippen LogP contribution >= 0.6 is 0 Å². The fourth-order valence-corrected chi connectivity index (χ4v) is 3.21. The number of nitrogens with one attached hydrogen (secondary N) is 1. The van der Waals surface area contributed by atoms with Gasteiger partial charge in [-0.05, 0) is 18.4 Å². The van der Waals surface area contributed by atoms with E-state index in [1.54, 1.807) is 6.92 Å². The second-order valence-corrected chi connectivity index (χ2v) is 6.35. The summed E-state index contributed by atoms with van der Waals surface area (Å²) >= 11 is 0. The van der Waals surface area contributed by atoms with Gasteiger partial charge in [-0.25, -0.2) is 4.79 Å². The van der Waals surface area contributed by atoms with Crippen LogP contribution in [0.3, 0.4) is 0 Å². The summed E-state index contributed by atoms with van der Waals surface area (Å²) in [5, 5.41) is 2.94. The number of rotatable bonds is 5. The second-order valence-electron chi connectivity index (χ2n) is 6.35. The summed E-state index contributed by atoms with van der Waals surface area (Å²) in [6.45, 7) is 1.79. The molecule has 0 radical (unpaired) electrons. The van der Waals surface area contributed by atoms with Gasteiger partial charge in [0.05, 0.1) is 13.0 Å². The van der Waals surface area contributed by atoms with Gasteiger partial charge in [0.15, 0.2) is 0 Å². The Hall–Kier alpha value is -1.88. The van der Waals surface area contributed by atoms with Crippen molar-refractivity contribution in [3.63, 3.8) is 0 Å². The lowest BCUT2D eigenvalue weighted by atomic mass is 9.81. The zero-order valence-electron chi connectivity index (χ0n) is 13.9. The van der Waals surface area contributed by atoms with Crippen LogP contribution in [-0.2, 0) is 14.3 Å². The van der Waals surface area contributed by atoms with E-state index in [4.69, 9.17) is 10.5 Å². The minimum absolute atomic E-state index is 0.200. The van der Waals surface area contributed by atoms with E-state index in [1.165, 1.54) is 7.11 Å². The SMILES string of the molecule is COC(=O)C1(NC(=O)C(C)C(N)c2ccccc2)CCCCC1. The Balaban J connectivity index is 2.10. The number of amides is 1.